The zero-order valence-corrected chi connectivity index (χ0v) is 12.8. The Labute approximate surface area is 128 Å². The summed E-state index contributed by atoms with van der Waals surface area (Å²) < 4.78 is 29.4. The molecule has 6 nitrogen and oxygen atoms in total. The summed E-state index contributed by atoms with van der Waals surface area (Å²) in [6.45, 7) is 0.433. The molecule has 7 heteroatoms. The predicted molar refractivity (Wildman–Crippen MR) is 85.8 cm³/mol. The lowest BCUT2D eigenvalue weighted by Crippen LogP contribution is -2.37. The first-order valence-corrected chi connectivity index (χ1v) is 8.55. The molecule has 0 unspecified atom stereocenters. The second-order valence-corrected chi connectivity index (χ2v) is 7.11. The molecule has 0 spiro atoms. The number of allylic oxidation sites excluding steroid dienone is 2. The number of rotatable bonds is 1. The number of fused-ring (bicyclic) bond motifs is 2. The van der Waals surface area contributed by atoms with Gasteiger partial charge in [0, 0.05) is 30.8 Å². The highest BCUT2D eigenvalue weighted by Gasteiger charge is 2.27. The number of nitrogens with zero attached hydrogens (tertiary/aromatic N) is 4. The van der Waals surface area contributed by atoms with E-state index in [1.807, 2.05) is 54.7 Å². The molecule has 0 amide bonds. The van der Waals surface area contributed by atoms with Gasteiger partial charge in [0.15, 0.2) is 5.84 Å². The van der Waals surface area contributed by atoms with E-state index in [9.17, 15) is 8.42 Å². The van der Waals surface area contributed by atoms with Crippen molar-refractivity contribution in [3.63, 3.8) is 0 Å². The fourth-order valence-corrected chi connectivity index (χ4v) is 3.74. The molecule has 22 heavy (non-hydrogen) atoms. The van der Waals surface area contributed by atoms with Crippen LogP contribution in [0.5, 0.6) is 0 Å². The molecule has 2 aromatic rings. The minimum Gasteiger partial charge on any atom is -0.331 e. The standard InChI is InChI=1S/C15H14N4O2S/c1-18-14-9-11(4-5-12(14)10-16-18)13-3-2-6-19-7-8-22(20,21)17-15(13)19/h2-6,9-10H,7-8H2,1H3. The lowest BCUT2D eigenvalue weighted by atomic mass is 10.0. The van der Waals surface area contributed by atoms with E-state index in [0.717, 1.165) is 22.0 Å². The summed E-state index contributed by atoms with van der Waals surface area (Å²) in [6, 6.07) is 5.96. The fraction of sp³-hybridized carbons (Fsp3) is 0.200. The van der Waals surface area contributed by atoms with Gasteiger partial charge < -0.3 is 4.90 Å². The Morgan fingerprint density at radius 3 is 3.00 bits per heavy atom. The second kappa shape index (κ2) is 4.54. The lowest BCUT2D eigenvalue weighted by molar-refractivity contribution is 0.550. The number of aromatic nitrogens is 2. The summed E-state index contributed by atoms with van der Waals surface area (Å²) in [4.78, 5) is 1.88. The molecule has 2 aliphatic heterocycles. The van der Waals surface area contributed by atoms with E-state index < -0.39 is 10.0 Å². The largest absolute Gasteiger partial charge is 0.331 e. The average molecular weight is 314 g/mol. The van der Waals surface area contributed by atoms with E-state index in [0.29, 0.717) is 12.4 Å². The number of aryl methyl sites for hydroxylation is 1. The molecule has 3 heterocycles. The van der Waals surface area contributed by atoms with Crippen LogP contribution in [0.2, 0.25) is 0 Å². The van der Waals surface area contributed by atoms with Gasteiger partial charge in [-0.3, -0.25) is 4.68 Å². The summed E-state index contributed by atoms with van der Waals surface area (Å²) in [5, 5.41) is 5.28. The van der Waals surface area contributed by atoms with Crippen molar-refractivity contribution in [3.8, 4) is 0 Å². The van der Waals surface area contributed by atoms with Crippen LogP contribution in [0.1, 0.15) is 5.56 Å². The van der Waals surface area contributed by atoms with Crippen molar-refractivity contribution in [2.75, 3.05) is 12.3 Å². The summed E-state index contributed by atoms with van der Waals surface area (Å²) in [6.07, 6.45) is 7.48. The zero-order chi connectivity index (χ0) is 15.3. The molecule has 2 aliphatic rings. The van der Waals surface area contributed by atoms with E-state index in [1.54, 1.807) is 4.68 Å². The zero-order valence-electron chi connectivity index (χ0n) is 12.0. The SMILES string of the molecule is Cn1ncc2ccc(C3=CC=CN4CCS(=O)(=O)N=C34)cc21. The van der Waals surface area contributed by atoms with Crippen LogP contribution in [0, 0.1) is 0 Å². The van der Waals surface area contributed by atoms with E-state index in [-0.39, 0.29) is 5.75 Å². The maximum atomic E-state index is 11.8. The topological polar surface area (TPSA) is 67.6 Å². The van der Waals surface area contributed by atoms with Crippen molar-refractivity contribution in [1.29, 1.82) is 0 Å². The molecule has 1 aromatic heterocycles. The van der Waals surface area contributed by atoms with Gasteiger partial charge in [-0.1, -0.05) is 12.1 Å². The van der Waals surface area contributed by atoms with Gasteiger partial charge in [-0.2, -0.15) is 5.10 Å². The normalized spacial score (nSPS) is 19.8. The van der Waals surface area contributed by atoms with Crippen LogP contribution in [-0.4, -0.2) is 41.2 Å². The van der Waals surface area contributed by atoms with E-state index in [2.05, 4.69) is 9.50 Å². The van der Waals surface area contributed by atoms with E-state index in [1.165, 1.54) is 0 Å². The average Bonchev–Trinajstić information content (AvgIpc) is 2.87. The third-order valence-electron chi connectivity index (χ3n) is 3.92. The highest BCUT2D eigenvalue weighted by atomic mass is 32.2. The summed E-state index contributed by atoms with van der Waals surface area (Å²) in [7, 11) is -1.49. The molecule has 0 bridgehead atoms. The monoisotopic (exact) mass is 314 g/mol. The van der Waals surface area contributed by atoms with Crippen molar-refractivity contribution in [2.45, 2.75) is 0 Å². The van der Waals surface area contributed by atoms with Gasteiger partial charge in [0.05, 0.1) is 17.5 Å². The van der Waals surface area contributed by atoms with Gasteiger partial charge in [0.25, 0.3) is 10.0 Å². The Kier molecular flexibility index (Phi) is 2.74. The van der Waals surface area contributed by atoms with Gasteiger partial charge in [-0.05, 0) is 23.8 Å². The van der Waals surface area contributed by atoms with Crippen LogP contribution >= 0.6 is 0 Å². The molecule has 112 valence electrons. The van der Waals surface area contributed by atoms with E-state index in [4.69, 9.17) is 0 Å². The van der Waals surface area contributed by atoms with Crippen molar-refractivity contribution in [2.24, 2.45) is 11.4 Å². The van der Waals surface area contributed by atoms with Gasteiger partial charge in [0.2, 0.25) is 0 Å². The predicted octanol–water partition coefficient (Wildman–Crippen LogP) is 1.53. The van der Waals surface area contributed by atoms with Crippen LogP contribution < -0.4 is 0 Å². The van der Waals surface area contributed by atoms with Crippen LogP contribution in [-0.2, 0) is 17.1 Å². The van der Waals surface area contributed by atoms with E-state index >= 15 is 0 Å². The first-order chi connectivity index (χ1) is 10.5. The first-order valence-electron chi connectivity index (χ1n) is 6.94. The first kappa shape index (κ1) is 13.3. The van der Waals surface area contributed by atoms with Crippen LogP contribution in [0.3, 0.4) is 0 Å². The molecule has 4 rings (SSSR count). The summed E-state index contributed by atoms with van der Waals surface area (Å²) in [5.74, 6) is 0.546. The van der Waals surface area contributed by atoms with Crippen LogP contribution in [0.4, 0.5) is 0 Å². The molecule has 0 N–H and O–H groups in total. The quantitative estimate of drug-likeness (QED) is 0.800. The number of hydrogen-bond donors (Lipinski definition) is 0. The minimum atomic E-state index is -3.38. The number of hydrogen-bond acceptors (Lipinski definition) is 4. The maximum absolute atomic E-state index is 11.8. The number of sulfonamides is 1. The molecular weight excluding hydrogens is 300 g/mol. The smallest absolute Gasteiger partial charge is 0.256 e. The molecule has 0 aliphatic carbocycles. The fourth-order valence-electron chi connectivity index (χ4n) is 2.75. The van der Waals surface area contributed by atoms with Gasteiger partial charge in [-0.15, -0.1) is 4.40 Å². The number of benzene rings is 1. The van der Waals surface area contributed by atoms with Crippen molar-refractivity contribution in [3.05, 3.63) is 48.3 Å². The van der Waals surface area contributed by atoms with Gasteiger partial charge >= 0.3 is 0 Å². The van der Waals surface area contributed by atoms with Crippen LogP contribution in [0.15, 0.2) is 47.1 Å². The van der Waals surface area contributed by atoms with Gasteiger partial charge in [-0.25, -0.2) is 8.42 Å². The Balaban J connectivity index is 1.89. The Morgan fingerprint density at radius 1 is 1.27 bits per heavy atom. The minimum absolute atomic E-state index is 0.0505. The molecule has 0 fully saturated rings. The van der Waals surface area contributed by atoms with Crippen molar-refractivity contribution in [1.82, 2.24) is 14.7 Å². The molecule has 1 aromatic carbocycles. The Bertz CT molecular complexity index is 967. The van der Waals surface area contributed by atoms with Crippen molar-refractivity contribution >= 4 is 32.3 Å². The summed E-state index contributed by atoms with van der Waals surface area (Å²) >= 11 is 0. The second-order valence-electron chi connectivity index (χ2n) is 5.36. The molecule has 0 radical (unpaired) electrons. The Morgan fingerprint density at radius 2 is 2.14 bits per heavy atom. The molecule has 0 saturated carbocycles. The van der Waals surface area contributed by atoms with Crippen LogP contribution in [0.25, 0.3) is 16.5 Å². The third-order valence-corrected chi connectivity index (χ3v) is 5.07. The third kappa shape index (κ3) is 2.05. The number of amidine groups is 1. The van der Waals surface area contributed by atoms with Crippen molar-refractivity contribution < 1.29 is 8.42 Å². The highest BCUT2D eigenvalue weighted by Crippen LogP contribution is 2.27. The lowest BCUT2D eigenvalue weighted by Gasteiger charge is -2.29. The highest BCUT2D eigenvalue weighted by molar-refractivity contribution is 7.90. The summed E-state index contributed by atoms with van der Waals surface area (Å²) in [5.41, 5.74) is 2.74. The molecule has 0 atom stereocenters. The molecule has 0 saturated heterocycles. The van der Waals surface area contributed by atoms with Gasteiger partial charge in [0.1, 0.15) is 0 Å². The molecular formula is C15H14N4O2S. The Hall–Kier alpha value is -2.41. The maximum Gasteiger partial charge on any atom is 0.256 e.